The van der Waals surface area contributed by atoms with Crippen molar-refractivity contribution in [3.05, 3.63) is 24.3 Å². The molecule has 1 aliphatic carbocycles. The molecule has 196 valence electrons. The molecule has 3 heterocycles. The summed E-state index contributed by atoms with van der Waals surface area (Å²) in [6.07, 6.45) is -0.109. The number of nitrogens with one attached hydrogen (secondary N) is 4. The quantitative estimate of drug-likeness (QED) is 0.307. The normalized spacial score (nSPS) is 21.6. The average Bonchev–Trinajstić information content (AvgIpc) is 3.36. The van der Waals surface area contributed by atoms with Crippen LogP contribution in [-0.2, 0) is 19.6 Å². The molecule has 1 saturated heterocycles. The number of pyridine rings is 1. The maximum absolute atomic E-state index is 13.3. The molecule has 0 unspecified atom stereocenters. The van der Waals surface area contributed by atoms with Crippen LogP contribution in [0.2, 0.25) is 0 Å². The molecular formula is C21H27F2N7O4S2. The summed E-state index contributed by atoms with van der Waals surface area (Å²) in [6, 6.07) is 1.48. The number of ether oxygens (including phenoxy) is 1. The molecule has 0 radical (unpaired) electrons. The third-order valence-corrected chi connectivity index (χ3v) is 8.43. The Balaban J connectivity index is 1.82. The number of aromatic nitrogens is 2. The Bertz CT molecular complexity index is 1330. The van der Waals surface area contributed by atoms with E-state index < -0.39 is 38.2 Å². The first-order valence-corrected chi connectivity index (χ1v) is 13.4. The molecule has 2 aliphatic rings. The van der Waals surface area contributed by atoms with Crippen molar-refractivity contribution in [2.24, 2.45) is 0 Å². The Morgan fingerprint density at radius 1 is 1.33 bits per heavy atom. The third kappa shape index (κ3) is 5.38. The van der Waals surface area contributed by atoms with E-state index in [4.69, 9.17) is 15.6 Å². The number of imidazole rings is 1. The molecular weight excluding hydrogens is 516 g/mol. The lowest BCUT2D eigenvalue weighted by molar-refractivity contribution is -0.136. The highest BCUT2D eigenvalue weighted by Gasteiger charge is 2.42. The summed E-state index contributed by atoms with van der Waals surface area (Å²) in [4.78, 5) is 18.2. The van der Waals surface area contributed by atoms with Gasteiger partial charge in [-0.05, 0) is 44.5 Å². The number of thioether (sulfide) groups is 1. The van der Waals surface area contributed by atoms with E-state index in [0.29, 0.717) is 30.6 Å². The fraction of sp³-hybridized carbons (Fsp3) is 0.524. The predicted molar refractivity (Wildman–Crippen MR) is 132 cm³/mol. The van der Waals surface area contributed by atoms with Gasteiger partial charge in [-0.15, -0.1) is 0 Å². The highest BCUT2D eigenvalue weighted by Crippen LogP contribution is 2.37. The van der Waals surface area contributed by atoms with Gasteiger partial charge in [0.25, 0.3) is 12.3 Å². The summed E-state index contributed by atoms with van der Waals surface area (Å²) < 4.78 is 62.1. The zero-order valence-corrected chi connectivity index (χ0v) is 21.5. The van der Waals surface area contributed by atoms with Crippen LogP contribution in [0.4, 0.5) is 14.5 Å². The lowest BCUT2D eigenvalue weighted by atomic mass is 10.1. The van der Waals surface area contributed by atoms with E-state index in [1.54, 1.807) is 13.8 Å². The number of carbonyl (C=O) groups is 1. The van der Waals surface area contributed by atoms with E-state index >= 15 is 0 Å². The number of amides is 1. The molecule has 4 rings (SSSR count). The first-order valence-electron chi connectivity index (χ1n) is 11.1. The second kappa shape index (κ2) is 9.68. The number of hydrogen-bond acceptors (Lipinski definition) is 9. The van der Waals surface area contributed by atoms with Gasteiger partial charge in [0.1, 0.15) is 15.0 Å². The smallest absolute Gasteiger partial charge is 0.285 e. The molecule has 1 amide bonds. The fourth-order valence-corrected chi connectivity index (χ4v) is 5.98. The number of nitrogens with zero attached hydrogens (tertiary/aromatic N) is 3. The number of morpholine rings is 1. The van der Waals surface area contributed by atoms with Gasteiger partial charge in [-0.1, -0.05) is 0 Å². The lowest BCUT2D eigenvalue weighted by Crippen LogP contribution is -2.52. The molecule has 2 atom stereocenters. The molecule has 0 bridgehead atoms. The van der Waals surface area contributed by atoms with Crippen molar-refractivity contribution in [2.45, 2.75) is 55.8 Å². The van der Waals surface area contributed by atoms with Gasteiger partial charge in [-0.2, -0.15) is 0 Å². The summed E-state index contributed by atoms with van der Waals surface area (Å²) in [5.41, 5.74) is 0.307. The van der Waals surface area contributed by atoms with Crippen molar-refractivity contribution in [1.29, 1.82) is 10.8 Å². The predicted octanol–water partition coefficient (Wildman–Crippen LogP) is 1.81. The summed E-state index contributed by atoms with van der Waals surface area (Å²) in [7, 11) is -2.49. The molecule has 1 saturated carbocycles. The molecule has 15 heteroatoms. The third-order valence-electron chi connectivity index (χ3n) is 6.04. The van der Waals surface area contributed by atoms with E-state index in [-0.39, 0.29) is 41.0 Å². The summed E-state index contributed by atoms with van der Waals surface area (Å²) in [6.45, 7) is 4.07. The van der Waals surface area contributed by atoms with Crippen molar-refractivity contribution in [3.8, 4) is 0 Å². The monoisotopic (exact) mass is 543 g/mol. The van der Waals surface area contributed by atoms with Gasteiger partial charge in [0, 0.05) is 25.3 Å². The molecule has 0 spiro atoms. The van der Waals surface area contributed by atoms with Crippen molar-refractivity contribution in [2.75, 3.05) is 25.0 Å². The highest BCUT2D eigenvalue weighted by atomic mass is 32.2. The number of sulfonamides is 1. The van der Waals surface area contributed by atoms with Crippen LogP contribution >= 0.6 is 11.8 Å². The standard InChI is InChI=1S/C21H27F2N7O4S2/c1-11-8-29(10-15(34-11)20(31)26-3)13-6-12(36(32,33)28-21(2)4-5-21)9-30-14(13)7-27-19(30)18(25)35-17(24)16(22)23/h6-7,9,11,15-16,24-25,28H,4-5,8,10H2,1-3H3,(H,26,31)/t11-,15+/m1/s1. The van der Waals surface area contributed by atoms with Crippen LogP contribution in [0, 0.1) is 10.8 Å². The van der Waals surface area contributed by atoms with Crippen molar-refractivity contribution < 1.29 is 26.7 Å². The zero-order valence-electron chi connectivity index (χ0n) is 19.8. The molecule has 36 heavy (non-hydrogen) atoms. The molecule has 2 fully saturated rings. The molecule has 0 aromatic carbocycles. The van der Waals surface area contributed by atoms with Crippen LogP contribution in [0.3, 0.4) is 0 Å². The molecule has 2 aromatic rings. The lowest BCUT2D eigenvalue weighted by Gasteiger charge is -2.37. The highest BCUT2D eigenvalue weighted by molar-refractivity contribution is 8.26. The maximum Gasteiger partial charge on any atom is 0.285 e. The number of halogens is 2. The molecule has 4 N–H and O–H groups in total. The number of carbonyl (C=O) groups excluding carboxylic acids is 1. The second-order valence-electron chi connectivity index (χ2n) is 9.11. The minimum atomic E-state index is -3.99. The molecule has 1 aliphatic heterocycles. The van der Waals surface area contributed by atoms with Gasteiger partial charge in [0.05, 0.1) is 30.0 Å². The summed E-state index contributed by atoms with van der Waals surface area (Å²) in [5.74, 6) is -0.409. The number of anilines is 1. The van der Waals surface area contributed by atoms with Crippen molar-refractivity contribution >= 4 is 49.0 Å². The topological polar surface area (TPSA) is 153 Å². The van der Waals surface area contributed by atoms with Crippen LogP contribution in [0.1, 0.15) is 32.5 Å². The van der Waals surface area contributed by atoms with Gasteiger partial charge < -0.3 is 15.0 Å². The Labute approximate surface area is 211 Å². The van der Waals surface area contributed by atoms with Gasteiger partial charge in [0.15, 0.2) is 11.9 Å². The summed E-state index contributed by atoms with van der Waals surface area (Å²) >= 11 is 0.244. The largest absolute Gasteiger partial charge is 0.364 e. The fourth-order valence-electron chi connectivity index (χ4n) is 3.95. The van der Waals surface area contributed by atoms with Gasteiger partial charge in [-0.25, -0.2) is 26.9 Å². The number of alkyl halides is 2. The van der Waals surface area contributed by atoms with Gasteiger partial charge in [-0.3, -0.25) is 20.0 Å². The Morgan fingerprint density at radius 3 is 2.64 bits per heavy atom. The first kappa shape index (κ1) is 26.4. The average molecular weight is 544 g/mol. The van der Waals surface area contributed by atoms with Crippen molar-refractivity contribution in [1.82, 2.24) is 19.4 Å². The van der Waals surface area contributed by atoms with Crippen LogP contribution in [-0.4, -0.2) is 78.1 Å². The molecule has 2 aromatic heterocycles. The minimum Gasteiger partial charge on any atom is -0.364 e. The zero-order chi connectivity index (χ0) is 26.4. The van der Waals surface area contributed by atoms with Crippen LogP contribution in [0.25, 0.3) is 5.52 Å². The molecule has 11 nitrogen and oxygen atoms in total. The van der Waals surface area contributed by atoms with Crippen LogP contribution in [0.15, 0.2) is 23.4 Å². The Hall–Kier alpha value is -2.62. The van der Waals surface area contributed by atoms with E-state index in [2.05, 4.69) is 15.0 Å². The minimum absolute atomic E-state index is 0.0829. The SMILES string of the molecule is CNC(=O)[C@@H]1CN(c2cc(S(=O)(=O)NC3(C)CC3)cn3c(C(=N)SC(=N)C(F)F)ncc23)C[C@@H](C)O1. The number of fused-ring (bicyclic) bond motifs is 1. The number of hydrogen-bond donors (Lipinski definition) is 4. The van der Waals surface area contributed by atoms with Gasteiger partial charge in [0.2, 0.25) is 10.0 Å². The van der Waals surface area contributed by atoms with Crippen LogP contribution < -0.4 is 14.9 Å². The second-order valence-corrected chi connectivity index (χ2v) is 11.8. The van der Waals surface area contributed by atoms with E-state index in [0.717, 1.165) is 0 Å². The van der Waals surface area contributed by atoms with Crippen LogP contribution in [0.5, 0.6) is 0 Å². The van der Waals surface area contributed by atoms with E-state index in [9.17, 15) is 22.0 Å². The van der Waals surface area contributed by atoms with E-state index in [1.807, 2.05) is 4.90 Å². The number of rotatable bonds is 7. The summed E-state index contributed by atoms with van der Waals surface area (Å²) in [5, 5.41) is 16.8. The Kier molecular flexibility index (Phi) is 7.11. The number of likely N-dealkylation sites (N-methyl/N-ethyl adjacent to an activating group) is 1. The maximum atomic E-state index is 13.3. The first-order chi connectivity index (χ1) is 16.8. The van der Waals surface area contributed by atoms with Crippen molar-refractivity contribution in [3.63, 3.8) is 0 Å². The van der Waals surface area contributed by atoms with Gasteiger partial charge >= 0.3 is 0 Å². The Morgan fingerprint density at radius 2 is 2.03 bits per heavy atom. The van der Waals surface area contributed by atoms with E-state index in [1.165, 1.54) is 29.9 Å².